The van der Waals surface area contributed by atoms with Crippen LogP contribution in [0, 0.1) is 5.92 Å². The molecule has 6 nitrogen and oxygen atoms in total. The van der Waals surface area contributed by atoms with Crippen LogP contribution in [0.2, 0.25) is 0 Å². The lowest BCUT2D eigenvalue weighted by atomic mass is 10.0. The molecule has 0 aromatic rings. The predicted octanol–water partition coefficient (Wildman–Crippen LogP) is 16.7. The first-order valence-corrected chi connectivity index (χ1v) is 25.9. The standard InChI is InChI=1S/C52H100O6/c1-5-7-9-11-13-15-17-19-20-21-23-29-33-37-41-45-52(55)58-49(46-56-50(53)43-39-35-31-27-22-18-16-14-12-10-8-6-2)47-57-51(54)44-40-36-32-28-25-24-26-30-34-38-42-48(3)4/h48-49H,5-47H2,1-4H3/t49-/m1/s1. The average molecular weight is 821 g/mol. The van der Waals surface area contributed by atoms with Gasteiger partial charge in [-0.05, 0) is 25.2 Å². The van der Waals surface area contributed by atoms with Crippen molar-refractivity contribution in [1.82, 2.24) is 0 Å². The summed E-state index contributed by atoms with van der Waals surface area (Å²) in [5, 5.41) is 0. The topological polar surface area (TPSA) is 78.9 Å². The molecule has 1 atom stereocenters. The smallest absolute Gasteiger partial charge is 0.306 e. The third kappa shape index (κ3) is 45.5. The molecule has 0 aromatic heterocycles. The van der Waals surface area contributed by atoms with E-state index in [9.17, 15) is 14.4 Å². The highest BCUT2D eigenvalue weighted by atomic mass is 16.6. The number of hydrogen-bond acceptors (Lipinski definition) is 6. The number of carbonyl (C=O) groups excluding carboxylic acids is 3. The van der Waals surface area contributed by atoms with Crippen LogP contribution in [0.1, 0.15) is 291 Å². The Labute approximate surface area is 361 Å². The molecule has 0 saturated heterocycles. The highest BCUT2D eigenvalue weighted by molar-refractivity contribution is 5.71. The lowest BCUT2D eigenvalue weighted by Crippen LogP contribution is -2.30. The molecule has 0 N–H and O–H groups in total. The molecule has 344 valence electrons. The van der Waals surface area contributed by atoms with E-state index in [1.807, 2.05) is 0 Å². The van der Waals surface area contributed by atoms with Gasteiger partial charge in [0.2, 0.25) is 0 Å². The molecule has 0 bridgehead atoms. The van der Waals surface area contributed by atoms with E-state index in [2.05, 4.69) is 27.7 Å². The molecule has 0 aliphatic heterocycles. The normalized spacial score (nSPS) is 11.9. The molecule has 0 spiro atoms. The van der Waals surface area contributed by atoms with Crippen molar-refractivity contribution >= 4 is 17.9 Å². The number of unbranched alkanes of at least 4 members (excludes halogenated alkanes) is 34. The van der Waals surface area contributed by atoms with Crippen molar-refractivity contribution < 1.29 is 28.6 Å². The first-order chi connectivity index (χ1) is 28.4. The van der Waals surface area contributed by atoms with Gasteiger partial charge >= 0.3 is 17.9 Å². The molecule has 0 amide bonds. The minimum absolute atomic E-state index is 0.0628. The van der Waals surface area contributed by atoms with Gasteiger partial charge in [-0.3, -0.25) is 14.4 Å². The maximum absolute atomic E-state index is 12.8. The summed E-state index contributed by atoms with van der Waals surface area (Å²) in [7, 11) is 0. The number of carbonyl (C=O) groups is 3. The number of hydrogen-bond donors (Lipinski definition) is 0. The fraction of sp³-hybridized carbons (Fsp3) is 0.942. The second-order valence-electron chi connectivity index (χ2n) is 18.3. The van der Waals surface area contributed by atoms with Crippen LogP contribution in [0.25, 0.3) is 0 Å². The van der Waals surface area contributed by atoms with E-state index < -0.39 is 6.10 Å². The summed E-state index contributed by atoms with van der Waals surface area (Å²) in [6.07, 6.45) is 48.0. The monoisotopic (exact) mass is 821 g/mol. The summed E-state index contributed by atoms with van der Waals surface area (Å²) in [6.45, 7) is 9.01. The van der Waals surface area contributed by atoms with Gasteiger partial charge in [0.25, 0.3) is 0 Å². The van der Waals surface area contributed by atoms with Gasteiger partial charge in [-0.25, -0.2) is 0 Å². The minimum atomic E-state index is -0.760. The summed E-state index contributed by atoms with van der Waals surface area (Å²) in [5.74, 6) is -0.0259. The Morgan fingerprint density at radius 3 is 0.845 bits per heavy atom. The van der Waals surface area contributed by atoms with Crippen molar-refractivity contribution in [2.45, 2.75) is 297 Å². The highest BCUT2D eigenvalue weighted by Gasteiger charge is 2.19. The Morgan fingerprint density at radius 2 is 0.569 bits per heavy atom. The zero-order valence-electron chi connectivity index (χ0n) is 39.5. The molecule has 58 heavy (non-hydrogen) atoms. The summed E-state index contributed by atoms with van der Waals surface area (Å²) in [6, 6.07) is 0. The number of ether oxygens (including phenoxy) is 3. The van der Waals surface area contributed by atoms with Gasteiger partial charge in [0, 0.05) is 19.3 Å². The van der Waals surface area contributed by atoms with Crippen LogP contribution >= 0.6 is 0 Å². The van der Waals surface area contributed by atoms with E-state index >= 15 is 0 Å². The second kappa shape index (κ2) is 46.5. The largest absolute Gasteiger partial charge is 0.462 e. The van der Waals surface area contributed by atoms with Crippen LogP contribution in [-0.2, 0) is 28.6 Å². The van der Waals surface area contributed by atoms with Crippen LogP contribution in [-0.4, -0.2) is 37.2 Å². The Bertz CT molecular complexity index is 872. The van der Waals surface area contributed by atoms with Crippen LogP contribution in [0.5, 0.6) is 0 Å². The fourth-order valence-electron chi connectivity index (χ4n) is 7.86. The molecule has 6 heteroatoms. The van der Waals surface area contributed by atoms with Gasteiger partial charge in [-0.2, -0.15) is 0 Å². The molecule has 0 fully saturated rings. The zero-order chi connectivity index (χ0) is 42.4. The van der Waals surface area contributed by atoms with Gasteiger partial charge in [-0.15, -0.1) is 0 Å². The number of esters is 3. The maximum atomic E-state index is 12.8. The van der Waals surface area contributed by atoms with Crippen molar-refractivity contribution in [1.29, 1.82) is 0 Å². The predicted molar refractivity (Wildman–Crippen MR) is 247 cm³/mol. The maximum Gasteiger partial charge on any atom is 0.306 e. The first-order valence-electron chi connectivity index (χ1n) is 25.9. The van der Waals surface area contributed by atoms with E-state index in [0.717, 1.165) is 63.7 Å². The van der Waals surface area contributed by atoms with Crippen molar-refractivity contribution in [2.75, 3.05) is 13.2 Å². The Balaban J connectivity index is 4.31. The first kappa shape index (κ1) is 56.4. The lowest BCUT2D eigenvalue weighted by Gasteiger charge is -2.18. The average Bonchev–Trinajstić information content (AvgIpc) is 3.21. The number of rotatable bonds is 47. The van der Waals surface area contributed by atoms with Crippen molar-refractivity contribution in [3.63, 3.8) is 0 Å². The molecule has 0 aliphatic carbocycles. The molecule has 0 rings (SSSR count). The van der Waals surface area contributed by atoms with Crippen LogP contribution in [0.15, 0.2) is 0 Å². The second-order valence-corrected chi connectivity index (χ2v) is 18.3. The lowest BCUT2D eigenvalue weighted by molar-refractivity contribution is -0.167. The minimum Gasteiger partial charge on any atom is -0.462 e. The van der Waals surface area contributed by atoms with E-state index in [1.165, 1.54) is 186 Å². The fourth-order valence-corrected chi connectivity index (χ4v) is 7.86. The Kier molecular flexibility index (Phi) is 45.2. The Morgan fingerprint density at radius 1 is 0.328 bits per heavy atom. The quantitative estimate of drug-likeness (QED) is 0.0346. The molecule has 0 heterocycles. The molecular weight excluding hydrogens is 721 g/mol. The van der Waals surface area contributed by atoms with Crippen LogP contribution < -0.4 is 0 Å². The molecule has 0 radical (unpaired) electrons. The van der Waals surface area contributed by atoms with E-state index in [-0.39, 0.29) is 31.1 Å². The summed E-state index contributed by atoms with van der Waals surface area (Å²) >= 11 is 0. The molecule has 0 aromatic carbocycles. The van der Waals surface area contributed by atoms with Crippen LogP contribution in [0.3, 0.4) is 0 Å². The third-order valence-electron chi connectivity index (χ3n) is 11.8. The highest BCUT2D eigenvalue weighted by Crippen LogP contribution is 2.17. The third-order valence-corrected chi connectivity index (χ3v) is 11.8. The molecular formula is C52H100O6. The molecule has 0 aliphatic rings. The Hall–Kier alpha value is -1.59. The van der Waals surface area contributed by atoms with Crippen LogP contribution in [0.4, 0.5) is 0 Å². The zero-order valence-corrected chi connectivity index (χ0v) is 39.5. The van der Waals surface area contributed by atoms with Crippen molar-refractivity contribution in [3.05, 3.63) is 0 Å². The van der Waals surface area contributed by atoms with Gasteiger partial charge in [0.1, 0.15) is 13.2 Å². The van der Waals surface area contributed by atoms with Gasteiger partial charge < -0.3 is 14.2 Å². The molecule has 0 saturated carbocycles. The van der Waals surface area contributed by atoms with Gasteiger partial charge in [-0.1, -0.05) is 252 Å². The van der Waals surface area contributed by atoms with Gasteiger partial charge in [0.05, 0.1) is 0 Å². The summed E-state index contributed by atoms with van der Waals surface area (Å²) in [4.78, 5) is 37.9. The van der Waals surface area contributed by atoms with E-state index in [4.69, 9.17) is 14.2 Å². The SMILES string of the molecule is CCCCCCCCCCCCCCCCCC(=O)O[C@H](COC(=O)CCCCCCCCCCCCCC)COC(=O)CCCCCCCCCCCCC(C)C. The van der Waals surface area contributed by atoms with E-state index in [1.54, 1.807) is 0 Å². The van der Waals surface area contributed by atoms with Crippen molar-refractivity contribution in [3.8, 4) is 0 Å². The molecule has 0 unspecified atom stereocenters. The summed E-state index contributed by atoms with van der Waals surface area (Å²) in [5.41, 5.74) is 0. The van der Waals surface area contributed by atoms with Crippen molar-refractivity contribution in [2.24, 2.45) is 5.92 Å². The summed E-state index contributed by atoms with van der Waals surface area (Å²) < 4.78 is 16.8. The van der Waals surface area contributed by atoms with Gasteiger partial charge in [0.15, 0.2) is 6.10 Å². The van der Waals surface area contributed by atoms with E-state index in [0.29, 0.717) is 19.3 Å².